The summed E-state index contributed by atoms with van der Waals surface area (Å²) in [6.45, 7) is 6.32. The second kappa shape index (κ2) is 7.80. The summed E-state index contributed by atoms with van der Waals surface area (Å²) in [5.74, 6) is -0.148. The molecule has 4 rings (SSSR count). The van der Waals surface area contributed by atoms with E-state index in [-0.39, 0.29) is 12.0 Å². The molecule has 0 fully saturated rings. The van der Waals surface area contributed by atoms with Gasteiger partial charge in [-0.3, -0.25) is 0 Å². The normalized spacial score (nSPS) is 15.4. The fourth-order valence-electron chi connectivity index (χ4n) is 4.35. The summed E-state index contributed by atoms with van der Waals surface area (Å²) in [4.78, 5) is 15.4. The maximum atomic E-state index is 13.1. The van der Waals surface area contributed by atoms with Gasteiger partial charge in [-0.2, -0.15) is 0 Å². The van der Waals surface area contributed by atoms with Crippen molar-refractivity contribution in [1.82, 2.24) is 9.47 Å². The number of carbonyl (C=O) groups is 1. The third-order valence-corrected chi connectivity index (χ3v) is 5.68. The molecule has 1 aromatic heterocycles. The molecule has 0 saturated carbocycles. The van der Waals surface area contributed by atoms with Crippen LogP contribution in [-0.4, -0.2) is 35.6 Å². The number of hydrogen-bond donors (Lipinski definition) is 0. The van der Waals surface area contributed by atoms with Crippen LogP contribution in [0.3, 0.4) is 0 Å². The van der Waals surface area contributed by atoms with Gasteiger partial charge in [-0.25, -0.2) is 4.79 Å². The van der Waals surface area contributed by atoms with Crippen LogP contribution in [0.4, 0.5) is 0 Å². The van der Waals surface area contributed by atoms with E-state index < -0.39 is 0 Å². The van der Waals surface area contributed by atoms with Crippen molar-refractivity contribution in [2.24, 2.45) is 0 Å². The highest BCUT2D eigenvalue weighted by atomic mass is 16.5. The van der Waals surface area contributed by atoms with Crippen LogP contribution < -0.4 is 0 Å². The van der Waals surface area contributed by atoms with E-state index in [1.807, 2.05) is 25.1 Å². The zero-order valence-electron chi connectivity index (χ0n) is 16.9. The molecule has 4 heteroatoms. The zero-order chi connectivity index (χ0) is 19.7. The van der Waals surface area contributed by atoms with Crippen molar-refractivity contribution in [1.29, 1.82) is 0 Å². The van der Waals surface area contributed by atoms with Crippen LogP contribution >= 0.6 is 0 Å². The Morgan fingerprint density at radius 1 is 1.18 bits per heavy atom. The lowest BCUT2D eigenvalue weighted by Crippen LogP contribution is -2.30. The Balaban J connectivity index is 1.89. The van der Waals surface area contributed by atoms with Crippen molar-refractivity contribution in [3.63, 3.8) is 0 Å². The summed E-state index contributed by atoms with van der Waals surface area (Å²) in [5.41, 5.74) is 6.18. The molecule has 0 saturated heterocycles. The van der Waals surface area contributed by atoms with Gasteiger partial charge in [-0.05, 0) is 44.2 Å². The minimum Gasteiger partial charge on any atom is -0.464 e. The Hall–Kier alpha value is -2.59. The van der Waals surface area contributed by atoms with Gasteiger partial charge in [0, 0.05) is 42.5 Å². The highest BCUT2D eigenvalue weighted by Crippen LogP contribution is 2.35. The predicted molar refractivity (Wildman–Crippen MR) is 113 cm³/mol. The molecular formula is C24H28N2O2. The van der Waals surface area contributed by atoms with Crippen molar-refractivity contribution in [3.8, 4) is 0 Å². The summed E-state index contributed by atoms with van der Waals surface area (Å²) in [5, 5.41) is 1.27. The quantitative estimate of drug-likeness (QED) is 0.623. The lowest BCUT2D eigenvalue weighted by Gasteiger charge is -2.27. The monoisotopic (exact) mass is 376 g/mol. The summed E-state index contributed by atoms with van der Waals surface area (Å²) in [6, 6.07) is 16.4. The Bertz CT molecular complexity index is 991. The van der Waals surface area contributed by atoms with Gasteiger partial charge in [0.1, 0.15) is 6.04 Å². The van der Waals surface area contributed by atoms with Crippen LogP contribution in [0.15, 0.2) is 48.5 Å². The Labute approximate surface area is 166 Å². The number of carbonyl (C=O) groups excluding carboxylic acids is 1. The minimum atomic E-state index is -0.347. The van der Waals surface area contributed by atoms with Gasteiger partial charge in [0.25, 0.3) is 0 Å². The second-order valence-electron chi connectivity index (χ2n) is 7.76. The van der Waals surface area contributed by atoms with Gasteiger partial charge in [0.05, 0.1) is 6.61 Å². The van der Waals surface area contributed by atoms with Crippen LogP contribution in [0.2, 0.25) is 0 Å². The molecule has 1 atom stereocenters. The Morgan fingerprint density at radius 3 is 2.71 bits per heavy atom. The second-order valence-corrected chi connectivity index (χ2v) is 7.76. The van der Waals surface area contributed by atoms with E-state index in [0.717, 1.165) is 30.6 Å². The number of fused-ring (bicyclic) bond motifs is 3. The molecule has 2 aromatic carbocycles. The van der Waals surface area contributed by atoms with Crippen LogP contribution in [0.5, 0.6) is 0 Å². The van der Waals surface area contributed by atoms with Crippen molar-refractivity contribution < 1.29 is 9.53 Å². The number of esters is 1. The first kappa shape index (κ1) is 18.8. The first-order valence-corrected chi connectivity index (χ1v) is 10.1. The molecule has 0 N–H and O–H groups in total. The van der Waals surface area contributed by atoms with E-state index in [4.69, 9.17) is 4.74 Å². The number of aromatic nitrogens is 1. The largest absolute Gasteiger partial charge is 0.464 e. The summed E-state index contributed by atoms with van der Waals surface area (Å²) in [6.07, 6.45) is 1.59. The third-order valence-electron chi connectivity index (χ3n) is 5.68. The molecule has 28 heavy (non-hydrogen) atoms. The number of aryl methyl sites for hydroxylation is 1. The number of likely N-dealkylation sites (N-methyl/N-ethyl adjacent to an activating group) is 1. The third kappa shape index (κ3) is 3.45. The lowest BCUT2D eigenvalue weighted by molar-refractivity contribution is -0.147. The summed E-state index contributed by atoms with van der Waals surface area (Å²) in [7, 11) is 2.16. The van der Waals surface area contributed by atoms with Crippen LogP contribution in [0.1, 0.15) is 35.3 Å². The molecule has 1 aliphatic rings. The Kier molecular flexibility index (Phi) is 5.23. The molecule has 1 unspecified atom stereocenters. The van der Waals surface area contributed by atoms with E-state index in [1.54, 1.807) is 0 Å². The molecule has 146 valence electrons. The maximum absolute atomic E-state index is 13.1. The SMILES string of the molecule is CCOC(=O)C(Cc1ccccc1)n1c2c(c3cc(C)ccc31)CN(C)CC2. The first-order chi connectivity index (χ1) is 13.6. The van der Waals surface area contributed by atoms with E-state index >= 15 is 0 Å². The molecule has 0 amide bonds. The fourth-order valence-corrected chi connectivity index (χ4v) is 4.35. The van der Waals surface area contributed by atoms with E-state index in [0.29, 0.717) is 13.0 Å². The lowest BCUT2D eigenvalue weighted by atomic mass is 10.0. The smallest absolute Gasteiger partial charge is 0.329 e. The van der Waals surface area contributed by atoms with E-state index in [2.05, 4.69) is 53.8 Å². The maximum Gasteiger partial charge on any atom is 0.329 e. The van der Waals surface area contributed by atoms with Crippen molar-refractivity contribution >= 4 is 16.9 Å². The van der Waals surface area contributed by atoms with Crippen molar-refractivity contribution in [2.75, 3.05) is 20.2 Å². The fraction of sp³-hybridized carbons (Fsp3) is 0.375. The van der Waals surface area contributed by atoms with Crippen molar-refractivity contribution in [2.45, 2.75) is 39.3 Å². The highest BCUT2D eigenvalue weighted by Gasteiger charge is 2.30. The van der Waals surface area contributed by atoms with Gasteiger partial charge < -0.3 is 14.2 Å². The summed E-state index contributed by atoms with van der Waals surface area (Å²) < 4.78 is 7.78. The summed E-state index contributed by atoms with van der Waals surface area (Å²) >= 11 is 0. The molecule has 3 aromatic rings. The molecule has 4 nitrogen and oxygen atoms in total. The van der Waals surface area contributed by atoms with Gasteiger partial charge in [-0.1, -0.05) is 42.0 Å². The van der Waals surface area contributed by atoms with Gasteiger partial charge >= 0.3 is 5.97 Å². The van der Waals surface area contributed by atoms with E-state index in [1.165, 1.54) is 22.2 Å². The Morgan fingerprint density at radius 2 is 1.96 bits per heavy atom. The number of rotatable bonds is 5. The minimum absolute atomic E-state index is 0.148. The molecule has 0 aliphatic carbocycles. The van der Waals surface area contributed by atoms with Crippen LogP contribution in [0.25, 0.3) is 10.9 Å². The number of hydrogen-bond acceptors (Lipinski definition) is 3. The van der Waals surface area contributed by atoms with Gasteiger partial charge in [0.2, 0.25) is 0 Å². The number of nitrogens with zero attached hydrogens (tertiary/aromatic N) is 2. The average Bonchev–Trinajstić information content (AvgIpc) is 3.00. The number of benzene rings is 2. The molecular weight excluding hydrogens is 348 g/mol. The molecule has 0 bridgehead atoms. The van der Waals surface area contributed by atoms with Crippen LogP contribution in [-0.2, 0) is 28.9 Å². The van der Waals surface area contributed by atoms with Crippen LogP contribution in [0, 0.1) is 6.92 Å². The first-order valence-electron chi connectivity index (χ1n) is 10.1. The van der Waals surface area contributed by atoms with Gasteiger partial charge in [0.15, 0.2) is 0 Å². The predicted octanol–water partition coefficient (Wildman–Crippen LogP) is 4.28. The number of ether oxygens (including phenoxy) is 1. The topological polar surface area (TPSA) is 34.5 Å². The molecule has 0 spiro atoms. The molecule has 1 aliphatic heterocycles. The standard InChI is InChI=1S/C24H28N2O2/c1-4-28-24(27)23(15-18-8-6-5-7-9-18)26-21-11-10-17(2)14-19(21)20-16-25(3)13-12-22(20)26/h5-11,14,23H,4,12-13,15-16H2,1-3H3. The molecule has 2 heterocycles. The van der Waals surface area contributed by atoms with Crippen molar-refractivity contribution in [3.05, 3.63) is 70.9 Å². The molecule has 0 radical (unpaired) electrons. The van der Waals surface area contributed by atoms with E-state index in [9.17, 15) is 4.79 Å². The highest BCUT2D eigenvalue weighted by molar-refractivity contribution is 5.89. The van der Waals surface area contributed by atoms with Gasteiger partial charge in [-0.15, -0.1) is 0 Å². The zero-order valence-corrected chi connectivity index (χ0v) is 16.9. The average molecular weight is 377 g/mol.